The van der Waals surface area contributed by atoms with Crippen LogP contribution in [0.4, 0.5) is 0 Å². The average Bonchev–Trinajstić information content (AvgIpc) is 2.67. The highest BCUT2D eigenvalue weighted by Crippen LogP contribution is 2.34. The summed E-state index contributed by atoms with van der Waals surface area (Å²) in [5.41, 5.74) is 1.26. The fraction of sp³-hybridized carbons (Fsp3) is 0.500. The maximum Gasteiger partial charge on any atom is 0.172 e. The third-order valence-electron chi connectivity index (χ3n) is 2.95. The largest absolute Gasteiger partial charge is 0.347 e. The van der Waals surface area contributed by atoms with Gasteiger partial charge in [0.05, 0.1) is 13.2 Å². The Bertz CT molecular complexity index is 288. The highest BCUT2D eigenvalue weighted by Gasteiger charge is 2.37. The molecule has 1 aliphatic rings. The first-order chi connectivity index (χ1) is 6.72. The van der Waals surface area contributed by atoms with Crippen molar-refractivity contribution >= 4 is 0 Å². The Balaban J connectivity index is 2.19. The number of hydrogen-bond donors (Lipinski definition) is 0. The molecule has 1 aliphatic heterocycles. The van der Waals surface area contributed by atoms with Crippen LogP contribution in [0.15, 0.2) is 30.3 Å². The first-order valence-electron chi connectivity index (χ1n) is 5.05. The van der Waals surface area contributed by atoms with Gasteiger partial charge in [-0.05, 0) is 12.5 Å². The van der Waals surface area contributed by atoms with Crippen LogP contribution in [-0.2, 0) is 9.47 Å². The molecule has 0 N–H and O–H groups in total. The quantitative estimate of drug-likeness (QED) is 0.717. The van der Waals surface area contributed by atoms with Crippen LogP contribution < -0.4 is 0 Å². The minimum atomic E-state index is -0.443. The molecule has 2 nitrogen and oxygen atoms in total. The maximum absolute atomic E-state index is 5.63. The molecule has 14 heavy (non-hydrogen) atoms. The summed E-state index contributed by atoms with van der Waals surface area (Å²) in [7, 11) is 0. The average molecular weight is 192 g/mol. The predicted molar refractivity (Wildman–Crippen MR) is 55.2 cm³/mol. The molecule has 0 saturated carbocycles. The first kappa shape index (κ1) is 9.69. The third-order valence-corrected chi connectivity index (χ3v) is 2.95. The minimum Gasteiger partial charge on any atom is -0.347 e. The zero-order chi connectivity index (χ0) is 10.0. The Kier molecular flexibility index (Phi) is 2.57. The summed E-state index contributed by atoms with van der Waals surface area (Å²) < 4.78 is 11.3. The van der Waals surface area contributed by atoms with Crippen LogP contribution in [0.5, 0.6) is 0 Å². The topological polar surface area (TPSA) is 18.5 Å². The molecule has 2 rings (SSSR count). The van der Waals surface area contributed by atoms with E-state index in [1.807, 2.05) is 25.1 Å². The van der Waals surface area contributed by atoms with Gasteiger partial charge >= 0.3 is 0 Å². The highest BCUT2D eigenvalue weighted by molar-refractivity contribution is 5.21. The molecule has 1 aromatic rings. The van der Waals surface area contributed by atoms with E-state index in [9.17, 15) is 0 Å². The Morgan fingerprint density at radius 3 is 2.29 bits per heavy atom. The molecule has 1 unspecified atom stereocenters. The molecule has 1 atom stereocenters. The summed E-state index contributed by atoms with van der Waals surface area (Å²) in [5, 5.41) is 0. The van der Waals surface area contributed by atoms with E-state index in [-0.39, 0.29) is 5.92 Å². The molecule has 1 aromatic carbocycles. The molecule has 76 valence electrons. The van der Waals surface area contributed by atoms with Crippen LogP contribution in [0.1, 0.15) is 25.3 Å². The number of rotatable bonds is 2. The van der Waals surface area contributed by atoms with Gasteiger partial charge in [0, 0.05) is 5.92 Å². The fourth-order valence-corrected chi connectivity index (χ4v) is 1.82. The van der Waals surface area contributed by atoms with Crippen molar-refractivity contribution in [2.45, 2.75) is 25.6 Å². The van der Waals surface area contributed by atoms with Gasteiger partial charge in [0.2, 0.25) is 0 Å². The van der Waals surface area contributed by atoms with Crippen molar-refractivity contribution < 1.29 is 9.47 Å². The van der Waals surface area contributed by atoms with Gasteiger partial charge in [0.15, 0.2) is 5.79 Å². The van der Waals surface area contributed by atoms with Gasteiger partial charge in [-0.1, -0.05) is 37.3 Å². The minimum absolute atomic E-state index is 0.270. The van der Waals surface area contributed by atoms with E-state index < -0.39 is 5.79 Å². The molecule has 1 heterocycles. The summed E-state index contributed by atoms with van der Waals surface area (Å²) in [4.78, 5) is 0. The van der Waals surface area contributed by atoms with Gasteiger partial charge in [-0.25, -0.2) is 0 Å². The highest BCUT2D eigenvalue weighted by atomic mass is 16.7. The van der Waals surface area contributed by atoms with Crippen molar-refractivity contribution in [3.05, 3.63) is 35.9 Å². The van der Waals surface area contributed by atoms with Crippen LogP contribution >= 0.6 is 0 Å². The van der Waals surface area contributed by atoms with Gasteiger partial charge < -0.3 is 9.47 Å². The molecule has 0 bridgehead atoms. The van der Waals surface area contributed by atoms with Crippen molar-refractivity contribution in [3.8, 4) is 0 Å². The Hall–Kier alpha value is -0.860. The van der Waals surface area contributed by atoms with E-state index in [0.717, 1.165) is 0 Å². The lowest BCUT2D eigenvalue weighted by atomic mass is 9.93. The Morgan fingerprint density at radius 1 is 1.14 bits per heavy atom. The van der Waals surface area contributed by atoms with E-state index in [1.54, 1.807) is 0 Å². The zero-order valence-corrected chi connectivity index (χ0v) is 8.69. The van der Waals surface area contributed by atoms with Crippen LogP contribution in [0.2, 0.25) is 0 Å². The zero-order valence-electron chi connectivity index (χ0n) is 8.69. The summed E-state index contributed by atoms with van der Waals surface area (Å²) in [6, 6.07) is 10.3. The second-order valence-electron chi connectivity index (χ2n) is 3.85. The van der Waals surface area contributed by atoms with E-state index in [0.29, 0.717) is 13.2 Å². The molecule has 1 saturated heterocycles. The lowest BCUT2D eigenvalue weighted by Crippen LogP contribution is -2.32. The van der Waals surface area contributed by atoms with Crippen molar-refractivity contribution in [3.63, 3.8) is 0 Å². The molecule has 0 aliphatic carbocycles. The Morgan fingerprint density at radius 2 is 1.71 bits per heavy atom. The molecular weight excluding hydrogens is 176 g/mol. The first-order valence-corrected chi connectivity index (χ1v) is 5.05. The van der Waals surface area contributed by atoms with E-state index >= 15 is 0 Å². The SMILES string of the molecule is CC(c1ccccc1)C1(C)OCCO1. The van der Waals surface area contributed by atoms with Gasteiger partial charge in [-0.2, -0.15) is 0 Å². The molecule has 0 amide bonds. The lowest BCUT2D eigenvalue weighted by molar-refractivity contribution is -0.156. The van der Waals surface area contributed by atoms with Crippen molar-refractivity contribution in [2.24, 2.45) is 0 Å². The molecule has 1 fully saturated rings. The Labute approximate surface area is 84.8 Å². The second-order valence-corrected chi connectivity index (χ2v) is 3.85. The van der Waals surface area contributed by atoms with Crippen molar-refractivity contribution in [2.75, 3.05) is 13.2 Å². The van der Waals surface area contributed by atoms with E-state index in [2.05, 4.69) is 19.1 Å². The van der Waals surface area contributed by atoms with Gasteiger partial charge in [0.1, 0.15) is 0 Å². The van der Waals surface area contributed by atoms with Gasteiger partial charge in [-0.15, -0.1) is 0 Å². The molecule has 0 radical (unpaired) electrons. The summed E-state index contributed by atoms with van der Waals surface area (Å²) in [5.74, 6) is -0.173. The van der Waals surface area contributed by atoms with Crippen LogP contribution in [0.25, 0.3) is 0 Å². The molecule has 0 spiro atoms. The monoisotopic (exact) mass is 192 g/mol. The molecule has 0 aromatic heterocycles. The summed E-state index contributed by atoms with van der Waals surface area (Å²) >= 11 is 0. The van der Waals surface area contributed by atoms with E-state index in [4.69, 9.17) is 9.47 Å². The summed E-state index contributed by atoms with van der Waals surface area (Å²) in [6.45, 7) is 5.56. The van der Waals surface area contributed by atoms with Crippen molar-refractivity contribution in [1.82, 2.24) is 0 Å². The number of hydrogen-bond acceptors (Lipinski definition) is 2. The predicted octanol–water partition coefficient (Wildman–Crippen LogP) is 2.55. The van der Waals surface area contributed by atoms with Gasteiger partial charge in [0.25, 0.3) is 0 Å². The normalized spacial score (nSPS) is 22.1. The molecular formula is C12H16O2. The second kappa shape index (κ2) is 3.71. The fourth-order valence-electron chi connectivity index (χ4n) is 1.82. The lowest BCUT2D eigenvalue weighted by Gasteiger charge is -2.29. The number of benzene rings is 1. The number of ether oxygens (including phenoxy) is 2. The third kappa shape index (κ3) is 1.68. The molecule has 2 heteroatoms. The summed E-state index contributed by atoms with van der Waals surface area (Å²) in [6.07, 6.45) is 0. The maximum atomic E-state index is 5.63. The van der Waals surface area contributed by atoms with Gasteiger partial charge in [-0.3, -0.25) is 0 Å². The van der Waals surface area contributed by atoms with Crippen LogP contribution in [-0.4, -0.2) is 19.0 Å². The standard InChI is InChI=1S/C12H16O2/c1-10(11-6-4-3-5-7-11)12(2)13-8-9-14-12/h3-7,10H,8-9H2,1-2H3. The smallest absolute Gasteiger partial charge is 0.172 e. The van der Waals surface area contributed by atoms with Crippen molar-refractivity contribution in [1.29, 1.82) is 0 Å². The van der Waals surface area contributed by atoms with Crippen LogP contribution in [0, 0.1) is 0 Å². The van der Waals surface area contributed by atoms with Crippen LogP contribution in [0.3, 0.4) is 0 Å². The van der Waals surface area contributed by atoms with E-state index in [1.165, 1.54) is 5.56 Å².